The van der Waals surface area contributed by atoms with Gasteiger partial charge in [0.25, 0.3) is 0 Å². The highest BCUT2D eigenvalue weighted by Gasteiger charge is 2.19. The Balaban J connectivity index is 0.000000157. The second-order valence-corrected chi connectivity index (χ2v) is 20.6. The average molecular weight is 1090 g/mol. The van der Waals surface area contributed by atoms with Gasteiger partial charge in [-0.2, -0.15) is 0 Å². The fourth-order valence-corrected chi connectivity index (χ4v) is 11.9. The van der Waals surface area contributed by atoms with E-state index < -0.39 is 48.3 Å². The van der Waals surface area contributed by atoms with Crippen molar-refractivity contribution >= 4 is 87.0 Å². The molecule has 2 nitrogen and oxygen atoms in total. The maximum Gasteiger partial charge on any atom is 0.135 e. The summed E-state index contributed by atoms with van der Waals surface area (Å²) in [5.41, 5.74) is 12.4. The lowest BCUT2D eigenvalue weighted by Gasteiger charge is -2.18. The van der Waals surface area contributed by atoms with Gasteiger partial charge in [-0.1, -0.05) is 279 Å². The minimum Gasteiger partial charge on any atom is -0.456 e. The summed E-state index contributed by atoms with van der Waals surface area (Å²) >= 11 is 0. The Labute approximate surface area is 508 Å². The van der Waals surface area contributed by atoms with E-state index in [4.69, 9.17) is 25.3 Å². The molecule has 17 rings (SSSR count). The van der Waals surface area contributed by atoms with Gasteiger partial charge in [-0.3, -0.25) is 0 Å². The Morgan fingerprint density at radius 3 is 0.738 bits per heavy atom. The van der Waals surface area contributed by atoms with Gasteiger partial charge in [0, 0.05) is 21.5 Å². The minimum absolute atomic E-state index is 0.190. The first-order chi connectivity index (χ1) is 48.3. The fraction of sp³-hybridized carbons (Fsp3) is 0. The van der Waals surface area contributed by atoms with Crippen LogP contribution in [0.2, 0.25) is 0 Å². The van der Waals surface area contributed by atoms with Crippen molar-refractivity contribution < 1.29 is 30.8 Å². The van der Waals surface area contributed by atoms with E-state index in [1.54, 1.807) is 24.3 Å². The highest BCUT2D eigenvalue weighted by Crippen LogP contribution is 2.47. The second-order valence-electron chi connectivity index (χ2n) is 20.6. The molecule has 17 aromatic rings. The van der Waals surface area contributed by atoms with E-state index >= 15 is 0 Å². The molecule has 0 unspecified atom stereocenters. The zero-order chi connectivity index (χ0) is 69.4. The van der Waals surface area contributed by atoms with Crippen LogP contribution in [-0.4, -0.2) is 0 Å². The van der Waals surface area contributed by atoms with Crippen LogP contribution in [0.1, 0.15) is 21.9 Å². The second kappa shape index (κ2) is 20.5. The van der Waals surface area contributed by atoms with Crippen LogP contribution in [0.15, 0.2) is 324 Å². The van der Waals surface area contributed by atoms with Crippen molar-refractivity contribution in [2.75, 3.05) is 0 Å². The lowest BCUT2D eigenvalue weighted by atomic mass is 9.85. The highest BCUT2D eigenvalue weighted by atomic mass is 16.3. The quantitative estimate of drug-likeness (QED) is 0.149. The minimum atomic E-state index is -0.424. The van der Waals surface area contributed by atoms with Gasteiger partial charge in [0.15, 0.2) is 0 Å². The molecule has 0 fully saturated rings. The third-order valence-corrected chi connectivity index (χ3v) is 15.9. The maximum atomic E-state index is 9.23. The number of furan rings is 2. The van der Waals surface area contributed by atoms with Gasteiger partial charge in [0.1, 0.15) is 22.3 Å². The maximum absolute atomic E-state index is 9.23. The molecule has 2 aromatic heterocycles. The Hall–Kier alpha value is -11.1. The van der Waals surface area contributed by atoms with Crippen molar-refractivity contribution in [1.82, 2.24) is 0 Å². The number of benzene rings is 15. The Kier molecular flexibility index (Phi) is 8.52. The van der Waals surface area contributed by atoms with Crippen LogP contribution in [0, 0.1) is 0 Å². The number of rotatable bonds is 7. The number of hydrogen-bond donors (Lipinski definition) is 0. The number of hydrogen-bond acceptors (Lipinski definition) is 2. The zero-order valence-corrected chi connectivity index (χ0v) is 44.6. The molecule has 2 heterocycles. The van der Waals surface area contributed by atoms with Gasteiger partial charge in [0.2, 0.25) is 0 Å². The molecular weight excluding hydrogens is 1020 g/mol. The van der Waals surface area contributed by atoms with E-state index in [2.05, 4.69) is 12.1 Å². The molecule has 0 spiro atoms. The molecule has 0 saturated heterocycles. The molecule has 84 heavy (non-hydrogen) atoms. The molecule has 0 saturated carbocycles. The van der Waals surface area contributed by atoms with Crippen LogP contribution in [0.3, 0.4) is 0 Å². The SMILES string of the molecule is [2H]c1c([2H])c([2H])c2c(-c3ccc(-c4ccc5oc6ccccc6c5c4)cc3)c3c([2H])c([2H])c([2H])c([2H])c3c(-c3ccc(-c4ccccc4)cc3)c2c1[2H].[2H]c1c([2H])c([2H])c2c(-c3ccc(-c4ccc5oc6ccccc6c5c4)cc3)c3c([2H])c([2H])c([2H])c([2H])c3c(-c3ccccc3)c2c1[2H]. The molecular formula is C82H52O2. The Morgan fingerprint density at radius 2 is 0.405 bits per heavy atom. The van der Waals surface area contributed by atoms with Crippen LogP contribution in [0.25, 0.3) is 165 Å². The van der Waals surface area contributed by atoms with Crippen molar-refractivity contribution in [1.29, 1.82) is 0 Å². The summed E-state index contributed by atoms with van der Waals surface area (Å²) < 4.78 is 154. The van der Waals surface area contributed by atoms with Gasteiger partial charge < -0.3 is 8.83 Å². The van der Waals surface area contributed by atoms with Crippen molar-refractivity contribution in [3.8, 4) is 77.9 Å². The van der Waals surface area contributed by atoms with Gasteiger partial charge in [0.05, 0.1) is 21.9 Å². The van der Waals surface area contributed by atoms with E-state index in [0.717, 1.165) is 77.3 Å². The highest BCUT2D eigenvalue weighted by molar-refractivity contribution is 6.23. The summed E-state index contributed by atoms with van der Waals surface area (Å²) in [5, 5.41) is 5.57. The average Bonchev–Trinajstić information content (AvgIpc) is 0.926. The fourth-order valence-electron chi connectivity index (χ4n) is 11.9. The van der Waals surface area contributed by atoms with E-state index in [0.29, 0.717) is 44.5 Å². The van der Waals surface area contributed by atoms with Gasteiger partial charge in [-0.15, -0.1) is 0 Å². The summed E-state index contributed by atoms with van der Waals surface area (Å²) in [7, 11) is 0. The van der Waals surface area contributed by atoms with E-state index in [-0.39, 0.29) is 91.4 Å². The molecule has 0 aliphatic carbocycles. The first-order valence-corrected chi connectivity index (χ1v) is 27.5. The smallest absolute Gasteiger partial charge is 0.135 e. The summed E-state index contributed by atoms with van der Waals surface area (Å²) in [5.74, 6) is 0. The van der Waals surface area contributed by atoms with Crippen molar-refractivity contribution in [3.05, 3.63) is 315 Å². The molecule has 392 valence electrons. The van der Waals surface area contributed by atoms with Crippen molar-refractivity contribution in [2.24, 2.45) is 0 Å². The van der Waals surface area contributed by atoms with E-state index in [1.165, 1.54) is 0 Å². The molecule has 0 bridgehead atoms. The van der Waals surface area contributed by atoms with Crippen LogP contribution in [-0.2, 0) is 0 Å². The van der Waals surface area contributed by atoms with Gasteiger partial charge >= 0.3 is 0 Å². The van der Waals surface area contributed by atoms with Crippen LogP contribution in [0.5, 0.6) is 0 Å². The number of para-hydroxylation sites is 2. The molecule has 0 atom stereocenters. The van der Waals surface area contributed by atoms with E-state index in [1.807, 2.05) is 182 Å². The lowest BCUT2D eigenvalue weighted by molar-refractivity contribution is 0.668. The molecule has 2 heteroatoms. The van der Waals surface area contributed by atoms with Crippen molar-refractivity contribution in [3.63, 3.8) is 0 Å². The monoisotopic (exact) mass is 1080 g/mol. The Bertz CT molecular complexity index is 6150. The van der Waals surface area contributed by atoms with Gasteiger partial charge in [-0.25, -0.2) is 0 Å². The van der Waals surface area contributed by atoms with Crippen LogP contribution in [0.4, 0.5) is 0 Å². The summed E-state index contributed by atoms with van der Waals surface area (Å²) in [4.78, 5) is 0. The summed E-state index contributed by atoms with van der Waals surface area (Å²) in [6, 6.07) is 63.5. The zero-order valence-electron chi connectivity index (χ0n) is 60.6. The predicted octanol–water partition coefficient (Wildman–Crippen LogP) is 23.5. The molecule has 0 N–H and O–H groups in total. The van der Waals surface area contributed by atoms with Crippen LogP contribution < -0.4 is 0 Å². The summed E-state index contributed by atoms with van der Waals surface area (Å²) in [6.45, 7) is 0. The number of fused-ring (bicyclic) bond motifs is 10. The normalized spacial score (nSPS) is 14.2. The van der Waals surface area contributed by atoms with Crippen LogP contribution >= 0.6 is 0 Å². The molecule has 0 aliphatic rings. The lowest BCUT2D eigenvalue weighted by Crippen LogP contribution is -1.91. The van der Waals surface area contributed by atoms with Gasteiger partial charge in [-0.05, 0) is 157 Å². The third kappa shape index (κ3) is 8.43. The molecule has 0 amide bonds. The molecule has 0 aliphatic heterocycles. The largest absolute Gasteiger partial charge is 0.456 e. The first-order valence-electron chi connectivity index (χ1n) is 35.5. The topological polar surface area (TPSA) is 26.3 Å². The molecule has 0 radical (unpaired) electrons. The summed E-state index contributed by atoms with van der Waals surface area (Å²) in [6.07, 6.45) is 0. The first kappa shape index (κ1) is 34.9. The Morgan fingerprint density at radius 1 is 0.179 bits per heavy atom. The third-order valence-electron chi connectivity index (χ3n) is 15.9. The standard InChI is InChI=1S/C44H28O.C38H24O/c1-2-10-29(11-3-1)30-18-22-32(23-19-30)43-36-13-4-6-15-38(36)44(39-16-7-5-14-37(39)43)33-24-20-31(21-25-33)34-26-27-42-40(28-34)35-12-8-9-17-41(35)45-42;1-2-10-26(11-3-1)37-30-13-4-6-15-32(30)38(33-16-7-5-14-31(33)37)27-20-18-25(19-21-27)28-22-23-36-34(24-28)29-12-8-9-17-35(29)39-36/h1-28H;1-24H/i2*4D,5D,6D,7D,13D,14D,15D,16D. The molecule has 15 aromatic carbocycles. The predicted molar refractivity (Wildman–Crippen MR) is 356 cm³/mol. The van der Waals surface area contributed by atoms with Crippen molar-refractivity contribution in [2.45, 2.75) is 0 Å². The van der Waals surface area contributed by atoms with E-state index in [9.17, 15) is 5.48 Å².